The molecule has 0 saturated heterocycles. The van der Waals surface area contributed by atoms with Crippen molar-refractivity contribution in [2.75, 3.05) is 0 Å². The fourth-order valence-electron chi connectivity index (χ4n) is 1.21. The van der Waals surface area contributed by atoms with E-state index < -0.39 is 0 Å². The van der Waals surface area contributed by atoms with Gasteiger partial charge in [-0.2, -0.15) is 0 Å². The van der Waals surface area contributed by atoms with Crippen molar-refractivity contribution in [2.24, 2.45) is 0 Å². The number of halogens is 1. The van der Waals surface area contributed by atoms with Crippen LogP contribution in [0, 0.1) is 5.82 Å². The summed E-state index contributed by atoms with van der Waals surface area (Å²) in [5, 5.41) is 0. The monoisotopic (exact) mass is 196 g/mol. The first-order valence-electron chi connectivity index (χ1n) is 5.43. The van der Waals surface area contributed by atoms with Crippen LogP contribution < -0.4 is 0 Å². The third-order valence-electron chi connectivity index (χ3n) is 2.05. The van der Waals surface area contributed by atoms with Crippen molar-refractivity contribution in [3.8, 4) is 0 Å². The van der Waals surface area contributed by atoms with Gasteiger partial charge >= 0.3 is 0 Å². The fraction of sp³-hybridized carbons (Fsp3) is 0.538. The Labute approximate surface area is 87.2 Å². The minimum atomic E-state index is -0.113. The average Bonchev–Trinajstić information content (AvgIpc) is 2.20. The van der Waals surface area contributed by atoms with Crippen molar-refractivity contribution < 1.29 is 4.39 Å². The molecule has 0 saturated carbocycles. The highest BCUT2D eigenvalue weighted by atomic mass is 19.1. The maximum absolute atomic E-state index is 13.0. The summed E-state index contributed by atoms with van der Waals surface area (Å²) >= 11 is 0. The van der Waals surface area contributed by atoms with E-state index in [1.807, 2.05) is 20.8 Å². The number of hydrogen-bond donors (Lipinski definition) is 0. The van der Waals surface area contributed by atoms with Crippen LogP contribution in [0.3, 0.4) is 0 Å². The SMILES string of the molecule is CC.CCc1cc(F)cc(C(C)C)c1. The first kappa shape index (κ1) is 13.2. The van der Waals surface area contributed by atoms with Crippen LogP contribution in [0.25, 0.3) is 0 Å². The zero-order valence-electron chi connectivity index (χ0n) is 9.89. The average molecular weight is 196 g/mol. The van der Waals surface area contributed by atoms with Crippen LogP contribution in [-0.2, 0) is 6.42 Å². The second kappa shape index (κ2) is 6.58. The fourth-order valence-corrected chi connectivity index (χ4v) is 1.21. The van der Waals surface area contributed by atoms with Crippen LogP contribution in [0.1, 0.15) is 51.7 Å². The van der Waals surface area contributed by atoms with E-state index in [0.717, 1.165) is 17.5 Å². The zero-order valence-corrected chi connectivity index (χ0v) is 9.89. The minimum absolute atomic E-state index is 0.113. The predicted molar refractivity (Wildman–Crippen MR) is 61.2 cm³/mol. The van der Waals surface area contributed by atoms with E-state index in [-0.39, 0.29) is 5.82 Å². The summed E-state index contributed by atoms with van der Waals surface area (Å²) in [4.78, 5) is 0. The zero-order chi connectivity index (χ0) is 11.1. The summed E-state index contributed by atoms with van der Waals surface area (Å²) in [6, 6.07) is 5.30. The molecule has 0 aliphatic carbocycles. The summed E-state index contributed by atoms with van der Waals surface area (Å²) in [6.07, 6.45) is 0.900. The lowest BCUT2D eigenvalue weighted by Gasteiger charge is -2.07. The molecule has 0 fully saturated rings. The lowest BCUT2D eigenvalue weighted by molar-refractivity contribution is 0.621. The number of benzene rings is 1. The molecule has 1 rings (SSSR count). The predicted octanol–water partition coefficient (Wildman–Crippen LogP) is 4.54. The molecule has 0 heterocycles. The second-order valence-corrected chi connectivity index (χ2v) is 3.40. The molecule has 1 aromatic rings. The van der Waals surface area contributed by atoms with E-state index in [4.69, 9.17) is 0 Å². The van der Waals surface area contributed by atoms with E-state index >= 15 is 0 Å². The minimum Gasteiger partial charge on any atom is -0.207 e. The molecule has 0 nitrogen and oxygen atoms in total. The van der Waals surface area contributed by atoms with Crippen LogP contribution in [0.5, 0.6) is 0 Å². The van der Waals surface area contributed by atoms with Gasteiger partial charge in [-0.05, 0) is 35.6 Å². The third kappa shape index (κ3) is 3.91. The number of aryl methyl sites for hydroxylation is 1. The Hall–Kier alpha value is -0.850. The molecule has 14 heavy (non-hydrogen) atoms. The van der Waals surface area contributed by atoms with Gasteiger partial charge in [0.25, 0.3) is 0 Å². The highest BCUT2D eigenvalue weighted by Gasteiger charge is 2.02. The van der Waals surface area contributed by atoms with Gasteiger partial charge in [0.1, 0.15) is 5.82 Å². The van der Waals surface area contributed by atoms with Gasteiger partial charge in [0.15, 0.2) is 0 Å². The summed E-state index contributed by atoms with van der Waals surface area (Å²) in [5.74, 6) is 0.295. The van der Waals surface area contributed by atoms with Gasteiger partial charge in [-0.1, -0.05) is 40.7 Å². The van der Waals surface area contributed by atoms with Gasteiger partial charge in [-0.3, -0.25) is 0 Å². The van der Waals surface area contributed by atoms with Gasteiger partial charge in [-0.15, -0.1) is 0 Å². The molecule has 0 spiro atoms. The smallest absolute Gasteiger partial charge is 0.123 e. The van der Waals surface area contributed by atoms with Crippen LogP contribution in [0.2, 0.25) is 0 Å². The largest absolute Gasteiger partial charge is 0.207 e. The Morgan fingerprint density at radius 1 is 1.14 bits per heavy atom. The molecule has 0 aromatic heterocycles. The Morgan fingerprint density at radius 3 is 2.14 bits per heavy atom. The Balaban J connectivity index is 0.000000791. The van der Waals surface area contributed by atoms with E-state index in [2.05, 4.69) is 19.9 Å². The molecule has 0 amide bonds. The van der Waals surface area contributed by atoms with Crippen molar-refractivity contribution in [1.29, 1.82) is 0 Å². The highest BCUT2D eigenvalue weighted by Crippen LogP contribution is 2.17. The van der Waals surface area contributed by atoms with Crippen molar-refractivity contribution in [3.63, 3.8) is 0 Å². The van der Waals surface area contributed by atoms with Crippen LogP contribution in [0.4, 0.5) is 4.39 Å². The molecular weight excluding hydrogens is 175 g/mol. The van der Waals surface area contributed by atoms with Crippen LogP contribution in [0.15, 0.2) is 18.2 Å². The topological polar surface area (TPSA) is 0 Å². The van der Waals surface area contributed by atoms with Crippen molar-refractivity contribution in [2.45, 2.75) is 47.0 Å². The van der Waals surface area contributed by atoms with Gasteiger partial charge in [0.2, 0.25) is 0 Å². The molecule has 0 unspecified atom stereocenters. The van der Waals surface area contributed by atoms with Gasteiger partial charge in [0.05, 0.1) is 0 Å². The molecule has 0 bridgehead atoms. The van der Waals surface area contributed by atoms with Crippen LogP contribution in [-0.4, -0.2) is 0 Å². The maximum Gasteiger partial charge on any atom is 0.123 e. The van der Waals surface area contributed by atoms with E-state index in [1.165, 1.54) is 0 Å². The lowest BCUT2D eigenvalue weighted by Crippen LogP contribution is -1.92. The summed E-state index contributed by atoms with van der Waals surface area (Å²) < 4.78 is 13.0. The van der Waals surface area contributed by atoms with E-state index in [9.17, 15) is 4.39 Å². The summed E-state index contributed by atoms with van der Waals surface area (Å²) in [7, 11) is 0. The first-order valence-corrected chi connectivity index (χ1v) is 5.43. The van der Waals surface area contributed by atoms with Crippen molar-refractivity contribution >= 4 is 0 Å². The first-order chi connectivity index (χ1) is 6.63. The van der Waals surface area contributed by atoms with Crippen LogP contribution >= 0.6 is 0 Å². The molecular formula is C13H21F. The molecule has 0 N–H and O–H groups in total. The summed E-state index contributed by atoms with van der Waals surface area (Å²) in [6.45, 7) is 10.2. The Kier molecular flexibility index (Phi) is 6.18. The van der Waals surface area contributed by atoms with Gasteiger partial charge < -0.3 is 0 Å². The molecule has 0 atom stereocenters. The Bertz CT molecular complexity index is 264. The standard InChI is InChI=1S/C11H15F.C2H6/c1-4-9-5-10(8(2)3)7-11(12)6-9;1-2/h5-8H,4H2,1-3H3;1-2H3. The molecule has 0 aliphatic heterocycles. The number of hydrogen-bond acceptors (Lipinski definition) is 0. The van der Waals surface area contributed by atoms with Crippen molar-refractivity contribution in [1.82, 2.24) is 0 Å². The Morgan fingerprint density at radius 2 is 1.71 bits per heavy atom. The molecule has 80 valence electrons. The van der Waals surface area contributed by atoms with Gasteiger partial charge in [-0.25, -0.2) is 4.39 Å². The molecule has 0 radical (unpaired) electrons. The lowest BCUT2D eigenvalue weighted by atomic mass is 10.00. The van der Waals surface area contributed by atoms with E-state index in [0.29, 0.717) is 5.92 Å². The quantitative estimate of drug-likeness (QED) is 0.651. The second-order valence-electron chi connectivity index (χ2n) is 3.40. The number of rotatable bonds is 2. The summed E-state index contributed by atoms with van der Waals surface area (Å²) in [5.41, 5.74) is 2.17. The molecule has 1 heteroatoms. The highest BCUT2D eigenvalue weighted by molar-refractivity contribution is 5.26. The third-order valence-corrected chi connectivity index (χ3v) is 2.05. The van der Waals surface area contributed by atoms with Crippen molar-refractivity contribution in [3.05, 3.63) is 35.1 Å². The maximum atomic E-state index is 13.0. The van der Waals surface area contributed by atoms with E-state index in [1.54, 1.807) is 12.1 Å². The molecule has 0 aliphatic rings. The molecule has 1 aromatic carbocycles. The van der Waals surface area contributed by atoms with Gasteiger partial charge in [0, 0.05) is 0 Å². The normalized spacial score (nSPS) is 9.64.